The number of hydrogen-bond acceptors (Lipinski definition) is 2. The molecule has 0 saturated heterocycles. The van der Waals surface area contributed by atoms with E-state index < -0.39 is 5.97 Å². The molecule has 0 radical (unpaired) electrons. The van der Waals surface area contributed by atoms with Crippen LogP contribution in [-0.4, -0.2) is 16.2 Å². The van der Waals surface area contributed by atoms with Gasteiger partial charge in [0.2, 0.25) is 0 Å². The second kappa shape index (κ2) is 19.5. The Hall–Kier alpha value is -1.51. The van der Waals surface area contributed by atoms with Crippen molar-refractivity contribution in [2.24, 2.45) is 5.92 Å². The average molecular weight is 533 g/mol. The Bertz CT molecular complexity index is 714. The van der Waals surface area contributed by atoms with E-state index in [0.29, 0.717) is 5.75 Å². The van der Waals surface area contributed by atoms with Gasteiger partial charge in [-0.25, -0.2) is 0 Å². The van der Waals surface area contributed by atoms with E-state index in [-0.39, 0.29) is 17.3 Å². The number of carboxylic acids is 1. The molecule has 3 nitrogen and oxygen atoms in total. The van der Waals surface area contributed by atoms with Crippen molar-refractivity contribution in [1.29, 1.82) is 0 Å². The van der Waals surface area contributed by atoms with Crippen LogP contribution in [0.5, 0.6) is 5.75 Å². The standard InChI is InChI=1S/C32H58O.C3H6O2/c1-26(2)22-20-18-16-14-12-10-9-11-13-15-17-19-21-23-27-24-28(31(3,4)5)30(33)29(25-27)32(6,7)8;1-2-3(4)5/h24-26,33H,9-23H2,1-8H3;2H2,1H3,(H,4,5). The summed E-state index contributed by atoms with van der Waals surface area (Å²) in [6, 6.07) is 4.52. The van der Waals surface area contributed by atoms with Crippen LogP contribution in [0.2, 0.25) is 0 Å². The van der Waals surface area contributed by atoms with Crippen molar-refractivity contribution < 1.29 is 15.0 Å². The zero-order valence-electron chi connectivity index (χ0n) is 26.8. The van der Waals surface area contributed by atoms with Gasteiger partial charge in [0.25, 0.3) is 0 Å². The molecule has 1 rings (SSSR count). The van der Waals surface area contributed by atoms with Crippen LogP contribution in [0.3, 0.4) is 0 Å². The van der Waals surface area contributed by atoms with Gasteiger partial charge in [0, 0.05) is 6.42 Å². The van der Waals surface area contributed by atoms with Gasteiger partial charge in [0.1, 0.15) is 5.75 Å². The first-order chi connectivity index (χ1) is 17.7. The highest BCUT2D eigenvalue weighted by Crippen LogP contribution is 2.40. The lowest BCUT2D eigenvalue weighted by atomic mass is 9.78. The van der Waals surface area contributed by atoms with Gasteiger partial charge in [-0.2, -0.15) is 0 Å². The Kier molecular flexibility index (Phi) is 18.8. The Labute approximate surface area is 237 Å². The first kappa shape index (κ1) is 36.5. The predicted octanol–water partition coefficient (Wildman–Crippen LogP) is 11.1. The largest absolute Gasteiger partial charge is 0.507 e. The van der Waals surface area contributed by atoms with Gasteiger partial charge in [-0.15, -0.1) is 0 Å². The number of aromatic hydroxyl groups is 1. The van der Waals surface area contributed by atoms with E-state index in [1.807, 2.05) is 0 Å². The number of carboxylic acid groups (broad SMARTS) is 1. The molecule has 2 N–H and O–H groups in total. The summed E-state index contributed by atoms with van der Waals surface area (Å²) in [4.78, 5) is 9.37. The molecule has 0 aliphatic carbocycles. The monoisotopic (exact) mass is 532 g/mol. The zero-order valence-corrected chi connectivity index (χ0v) is 26.8. The maximum absolute atomic E-state index is 10.9. The fraction of sp³-hybridized carbons (Fsp3) is 0.800. The molecular formula is C35H64O3. The predicted molar refractivity (Wildman–Crippen MR) is 167 cm³/mol. The van der Waals surface area contributed by atoms with Crippen LogP contribution in [0.1, 0.15) is 175 Å². The summed E-state index contributed by atoms with van der Waals surface area (Å²) in [6.45, 7) is 19.5. The van der Waals surface area contributed by atoms with E-state index >= 15 is 0 Å². The van der Waals surface area contributed by atoms with Gasteiger partial charge in [-0.3, -0.25) is 4.79 Å². The molecule has 1 aromatic rings. The molecule has 0 bridgehead atoms. The minimum atomic E-state index is -0.745. The van der Waals surface area contributed by atoms with E-state index in [4.69, 9.17) is 5.11 Å². The number of aryl methyl sites for hydroxylation is 1. The molecule has 0 aromatic heterocycles. The lowest BCUT2D eigenvalue weighted by Gasteiger charge is -2.28. The van der Waals surface area contributed by atoms with Crippen LogP contribution in [0.4, 0.5) is 0 Å². The normalized spacial score (nSPS) is 11.9. The molecule has 1 aromatic carbocycles. The first-order valence-corrected chi connectivity index (χ1v) is 15.8. The SMILES string of the molecule is CC(C)CCCCCCCCCCCCCCCc1cc(C(C)(C)C)c(O)c(C(C)(C)C)c1.CCC(=O)O. The fourth-order valence-electron chi connectivity index (χ4n) is 4.81. The van der Waals surface area contributed by atoms with Crippen molar-refractivity contribution in [3.63, 3.8) is 0 Å². The van der Waals surface area contributed by atoms with E-state index in [1.165, 1.54) is 95.5 Å². The third-order valence-electron chi connectivity index (χ3n) is 7.34. The van der Waals surface area contributed by atoms with Crippen LogP contribution >= 0.6 is 0 Å². The summed E-state index contributed by atoms with van der Waals surface area (Å²) in [5.41, 5.74) is 3.52. The fourth-order valence-corrected chi connectivity index (χ4v) is 4.81. The molecule has 38 heavy (non-hydrogen) atoms. The van der Waals surface area contributed by atoms with Gasteiger partial charge in [0.15, 0.2) is 0 Å². The maximum Gasteiger partial charge on any atom is 0.303 e. The number of aliphatic carboxylic acids is 1. The summed E-state index contributed by atoms with van der Waals surface area (Å²) in [6.07, 6.45) is 21.0. The molecule has 222 valence electrons. The lowest BCUT2D eigenvalue weighted by Crippen LogP contribution is -2.18. The number of carbonyl (C=O) groups is 1. The second-order valence-corrected chi connectivity index (χ2v) is 13.8. The number of benzene rings is 1. The molecule has 0 unspecified atom stereocenters. The Balaban J connectivity index is 0.00000249. The van der Waals surface area contributed by atoms with Crippen molar-refractivity contribution in [3.05, 3.63) is 28.8 Å². The van der Waals surface area contributed by atoms with Crippen LogP contribution in [-0.2, 0) is 22.0 Å². The molecular weight excluding hydrogens is 468 g/mol. The van der Waals surface area contributed by atoms with Crippen molar-refractivity contribution in [2.45, 2.75) is 176 Å². The van der Waals surface area contributed by atoms with Crippen LogP contribution in [0.25, 0.3) is 0 Å². The molecule has 0 amide bonds. The molecule has 0 aliphatic rings. The van der Waals surface area contributed by atoms with Crippen molar-refractivity contribution >= 4 is 5.97 Å². The van der Waals surface area contributed by atoms with Gasteiger partial charge in [-0.1, -0.05) is 158 Å². The van der Waals surface area contributed by atoms with E-state index in [0.717, 1.165) is 23.5 Å². The second-order valence-electron chi connectivity index (χ2n) is 13.8. The van der Waals surface area contributed by atoms with Crippen LogP contribution in [0.15, 0.2) is 12.1 Å². The number of unbranched alkanes of at least 4 members (excludes halogenated alkanes) is 12. The van der Waals surface area contributed by atoms with Gasteiger partial charge >= 0.3 is 5.97 Å². The third-order valence-corrected chi connectivity index (χ3v) is 7.34. The number of phenolic OH excluding ortho intramolecular Hbond substituents is 1. The molecule has 3 heteroatoms. The molecule has 0 atom stereocenters. The third kappa shape index (κ3) is 17.9. The molecule has 0 fully saturated rings. The molecule has 0 aliphatic heterocycles. The number of hydrogen-bond donors (Lipinski definition) is 2. The van der Waals surface area contributed by atoms with Crippen LogP contribution < -0.4 is 0 Å². The average Bonchev–Trinajstić information content (AvgIpc) is 2.81. The van der Waals surface area contributed by atoms with Gasteiger partial charge in [-0.05, 0) is 46.3 Å². The Morgan fingerprint density at radius 2 is 1.00 bits per heavy atom. The topological polar surface area (TPSA) is 57.5 Å². The number of rotatable bonds is 17. The van der Waals surface area contributed by atoms with E-state index in [9.17, 15) is 9.90 Å². The van der Waals surface area contributed by atoms with Crippen molar-refractivity contribution in [1.82, 2.24) is 0 Å². The van der Waals surface area contributed by atoms with E-state index in [1.54, 1.807) is 6.92 Å². The minimum absolute atomic E-state index is 0.0339. The maximum atomic E-state index is 10.9. The molecule has 0 saturated carbocycles. The van der Waals surface area contributed by atoms with Gasteiger partial charge < -0.3 is 10.2 Å². The Morgan fingerprint density at radius 3 is 1.29 bits per heavy atom. The van der Waals surface area contributed by atoms with Crippen LogP contribution in [0, 0.1) is 5.92 Å². The zero-order chi connectivity index (χ0) is 29.2. The van der Waals surface area contributed by atoms with Crippen molar-refractivity contribution in [3.8, 4) is 5.75 Å². The quantitative estimate of drug-likeness (QED) is 0.196. The highest BCUT2D eigenvalue weighted by Gasteiger charge is 2.26. The summed E-state index contributed by atoms with van der Waals surface area (Å²) in [5.74, 6) is 0.635. The smallest absolute Gasteiger partial charge is 0.303 e. The summed E-state index contributed by atoms with van der Waals surface area (Å²) in [7, 11) is 0. The first-order valence-electron chi connectivity index (χ1n) is 15.8. The molecule has 0 spiro atoms. The van der Waals surface area contributed by atoms with Gasteiger partial charge in [0.05, 0.1) is 0 Å². The highest BCUT2D eigenvalue weighted by atomic mass is 16.4. The summed E-state index contributed by atoms with van der Waals surface area (Å²) in [5, 5.41) is 18.6. The lowest BCUT2D eigenvalue weighted by molar-refractivity contribution is -0.136. The van der Waals surface area contributed by atoms with Crippen molar-refractivity contribution in [2.75, 3.05) is 0 Å². The molecule has 0 heterocycles. The Morgan fingerprint density at radius 1 is 0.684 bits per heavy atom. The summed E-state index contributed by atoms with van der Waals surface area (Å²) >= 11 is 0. The number of phenols is 1. The minimum Gasteiger partial charge on any atom is -0.507 e. The van der Waals surface area contributed by atoms with E-state index in [2.05, 4.69) is 67.5 Å². The highest BCUT2D eigenvalue weighted by molar-refractivity contribution is 5.66. The summed E-state index contributed by atoms with van der Waals surface area (Å²) < 4.78 is 0.